The molecule has 5 heteroatoms. The first-order valence-electron chi connectivity index (χ1n) is 6.28. The predicted octanol–water partition coefficient (Wildman–Crippen LogP) is 2.95. The highest BCUT2D eigenvalue weighted by Gasteiger charge is 2.19. The second-order valence-electron chi connectivity index (χ2n) is 4.91. The van der Waals surface area contributed by atoms with Gasteiger partial charge in [0.05, 0.1) is 17.8 Å². The van der Waals surface area contributed by atoms with E-state index in [1.54, 1.807) is 31.2 Å². The summed E-state index contributed by atoms with van der Waals surface area (Å²) < 4.78 is 13.5. The Labute approximate surface area is 115 Å². The Morgan fingerprint density at radius 1 is 1.30 bits per heavy atom. The van der Waals surface area contributed by atoms with Gasteiger partial charge in [0.25, 0.3) is 0 Å². The van der Waals surface area contributed by atoms with Crippen LogP contribution in [0.2, 0.25) is 0 Å². The summed E-state index contributed by atoms with van der Waals surface area (Å²) in [5.74, 6) is -0.319. The number of fused-ring (bicyclic) bond motifs is 1. The molecule has 0 atom stereocenters. The monoisotopic (exact) mass is 271 g/mol. The molecule has 1 aliphatic heterocycles. The van der Waals surface area contributed by atoms with Gasteiger partial charge >= 0.3 is 0 Å². The van der Waals surface area contributed by atoms with Gasteiger partial charge in [0.2, 0.25) is 5.91 Å². The topological polar surface area (TPSA) is 67.1 Å². The Bertz CT molecular complexity index is 713. The molecule has 0 saturated heterocycles. The third kappa shape index (κ3) is 2.18. The molecule has 20 heavy (non-hydrogen) atoms. The minimum absolute atomic E-state index is 0.0436. The highest BCUT2D eigenvalue weighted by atomic mass is 19.1. The molecule has 1 amide bonds. The molecule has 2 aromatic rings. The van der Waals surface area contributed by atoms with Gasteiger partial charge in [-0.25, -0.2) is 4.39 Å². The summed E-state index contributed by atoms with van der Waals surface area (Å²) >= 11 is 0. The lowest BCUT2D eigenvalue weighted by molar-refractivity contribution is -0.115. The van der Waals surface area contributed by atoms with Crippen LogP contribution in [0.25, 0.3) is 0 Å². The zero-order chi connectivity index (χ0) is 14.3. The van der Waals surface area contributed by atoms with Crippen LogP contribution in [0.4, 0.5) is 27.1 Å². The minimum Gasteiger partial charge on any atom is -0.397 e. The van der Waals surface area contributed by atoms with Crippen LogP contribution in [0.5, 0.6) is 0 Å². The first-order valence-corrected chi connectivity index (χ1v) is 6.28. The normalized spacial score (nSPS) is 13.0. The van der Waals surface area contributed by atoms with E-state index in [-0.39, 0.29) is 11.7 Å². The van der Waals surface area contributed by atoms with Gasteiger partial charge in [-0.15, -0.1) is 0 Å². The maximum atomic E-state index is 13.5. The van der Waals surface area contributed by atoms with E-state index in [1.807, 2.05) is 0 Å². The predicted molar refractivity (Wildman–Crippen MR) is 77.6 cm³/mol. The molecule has 3 rings (SSSR count). The molecule has 0 unspecified atom stereocenters. The second kappa shape index (κ2) is 4.52. The molecule has 1 heterocycles. The number of benzene rings is 2. The zero-order valence-corrected chi connectivity index (χ0v) is 11.0. The molecular weight excluding hydrogens is 257 g/mol. The van der Waals surface area contributed by atoms with Gasteiger partial charge in [0.15, 0.2) is 0 Å². The van der Waals surface area contributed by atoms with E-state index in [0.717, 1.165) is 11.3 Å². The van der Waals surface area contributed by atoms with Crippen LogP contribution >= 0.6 is 0 Å². The van der Waals surface area contributed by atoms with Gasteiger partial charge in [-0.05, 0) is 42.3 Å². The molecule has 0 radical (unpaired) electrons. The third-order valence-electron chi connectivity index (χ3n) is 3.35. The molecule has 0 saturated carbocycles. The fourth-order valence-corrected chi connectivity index (χ4v) is 2.23. The SMILES string of the molecule is Cc1ccc(Nc2cc3c(cc2N)CC(=O)N3)cc1F. The fraction of sp³-hybridized carbons (Fsp3) is 0.133. The first-order chi connectivity index (χ1) is 9.52. The number of hydrogen-bond donors (Lipinski definition) is 3. The molecule has 4 N–H and O–H groups in total. The van der Waals surface area contributed by atoms with E-state index < -0.39 is 0 Å². The van der Waals surface area contributed by atoms with E-state index >= 15 is 0 Å². The molecule has 1 aliphatic rings. The molecule has 4 nitrogen and oxygen atoms in total. The van der Waals surface area contributed by atoms with Crippen molar-refractivity contribution in [2.24, 2.45) is 0 Å². The first kappa shape index (κ1) is 12.5. The average Bonchev–Trinajstić information content (AvgIpc) is 2.73. The van der Waals surface area contributed by atoms with Crippen LogP contribution in [0.15, 0.2) is 30.3 Å². The Morgan fingerprint density at radius 2 is 2.10 bits per heavy atom. The number of anilines is 4. The lowest BCUT2D eigenvalue weighted by Gasteiger charge is -2.12. The Balaban J connectivity index is 1.93. The van der Waals surface area contributed by atoms with Crippen LogP contribution in [0.1, 0.15) is 11.1 Å². The van der Waals surface area contributed by atoms with E-state index in [4.69, 9.17) is 5.73 Å². The fourth-order valence-electron chi connectivity index (χ4n) is 2.23. The molecule has 102 valence electrons. The smallest absolute Gasteiger partial charge is 0.228 e. The number of rotatable bonds is 2. The maximum absolute atomic E-state index is 13.5. The molecule has 2 aromatic carbocycles. The lowest BCUT2D eigenvalue weighted by Crippen LogP contribution is -2.03. The van der Waals surface area contributed by atoms with Crippen molar-refractivity contribution in [3.63, 3.8) is 0 Å². The Hall–Kier alpha value is -2.56. The Kier molecular flexibility index (Phi) is 2.82. The summed E-state index contributed by atoms with van der Waals surface area (Å²) in [6, 6.07) is 8.43. The van der Waals surface area contributed by atoms with Crippen molar-refractivity contribution in [2.45, 2.75) is 13.3 Å². The molecule has 0 spiro atoms. The number of carbonyl (C=O) groups excluding carboxylic acids is 1. The van der Waals surface area contributed by atoms with Crippen molar-refractivity contribution in [3.8, 4) is 0 Å². The molecule has 0 aliphatic carbocycles. The van der Waals surface area contributed by atoms with Crippen molar-refractivity contribution in [1.29, 1.82) is 0 Å². The van der Waals surface area contributed by atoms with Gasteiger partial charge in [0.1, 0.15) is 5.82 Å². The molecule has 0 fully saturated rings. The van der Waals surface area contributed by atoms with Gasteiger partial charge in [-0.3, -0.25) is 4.79 Å². The number of carbonyl (C=O) groups is 1. The van der Waals surface area contributed by atoms with Crippen LogP contribution in [0.3, 0.4) is 0 Å². The van der Waals surface area contributed by atoms with Crippen molar-refractivity contribution in [3.05, 3.63) is 47.3 Å². The van der Waals surface area contributed by atoms with E-state index in [2.05, 4.69) is 10.6 Å². The number of nitrogen functional groups attached to an aromatic ring is 1. The maximum Gasteiger partial charge on any atom is 0.228 e. The quantitative estimate of drug-likeness (QED) is 0.736. The molecule has 0 bridgehead atoms. The van der Waals surface area contributed by atoms with Gasteiger partial charge in [-0.1, -0.05) is 6.07 Å². The third-order valence-corrected chi connectivity index (χ3v) is 3.35. The van der Waals surface area contributed by atoms with Crippen LogP contribution in [0, 0.1) is 12.7 Å². The number of amides is 1. The number of aryl methyl sites for hydroxylation is 1. The number of nitrogens with one attached hydrogen (secondary N) is 2. The second-order valence-corrected chi connectivity index (χ2v) is 4.91. The molecule has 0 aromatic heterocycles. The number of nitrogens with two attached hydrogens (primary N) is 1. The number of hydrogen-bond acceptors (Lipinski definition) is 3. The summed E-state index contributed by atoms with van der Waals surface area (Å²) in [6.07, 6.45) is 0.346. The van der Waals surface area contributed by atoms with Crippen LogP contribution in [-0.4, -0.2) is 5.91 Å². The lowest BCUT2D eigenvalue weighted by atomic mass is 10.1. The summed E-state index contributed by atoms with van der Waals surface area (Å²) in [5, 5.41) is 5.83. The summed E-state index contributed by atoms with van der Waals surface area (Å²) in [5.41, 5.74) is 9.97. The van der Waals surface area contributed by atoms with E-state index in [9.17, 15) is 9.18 Å². The molecular formula is C15H14FN3O. The van der Waals surface area contributed by atoms with Crippen LogP contribution in [-0.2, 0) is 11.2 Å². The van der Waals surface area contributed by atoms with E-state index in [0.29, 0.717) is 29.0 Å². The summed E-state index contributed by atoms with van der Waals surface area (Å²) in [4.78, 5) is 11.3. The highest BCUT2D eigenvalue weighted by molar-refractivity contribution is 6.01. The van der Waals surface area contributed by atoms with Crippen molar-refractivity contribution >= 4 is 28.7 Å². The average molecular weight is 271 g/mol. The van der Waals surface area contributed by atoms with Crippen molar-refractivity contribution in [1.82, 2.24) is 0 Å². The van der Waals surface area contributed by atoms with Gasteiger partial charge in [0, 0.05) is 11.4 Å². The summed E-state index contributed by atoms with van der Waals surface area (Å²) in [6.45, 7) is 1.71. The summed E-state index contributed by atoms with van der Waals surface area (Å²) in [7, 11) is 0. The van der Waals surface area contributed by atoms with Crippen molar-refractivity contribution in [2.75, 3.05) is 16.4 Å². The highest BCUT2D eigenvalue weighted by Crippen LogP contribution is 2.33. The van der Waals surface area contributed by atoms with Gasteiger partial charge in [-0.2, -0.15) is 0 Å². The standard InChI is InChI=1S/C15H14FN3O/c1-8-2-3-10(6-11(8)16)18-14-7-13-9(4-12(14)17)5-15(20)19-13/h2-4,6-7,18H,5,17H2,1H3,(H,19,20). The van der Waals surface area contributed by atoms with E-state index in [1.165, 1.54) is 6.07 Å². The largest absolute Gasteiger partial charge is 0.397 e. The van der Waals surface area contributed by atoms with Crippen molar-refractivity contribution < 1.29 is 9.18 Å². The Morgan fingerprint density at radius 3 is 2.85 bits per heavy atom. The van der Waals surface area contributed by atoms with Gasteiger partial charge < -0.3 is 16.4 Å². The minimum atomic E-state index is -0.275. The zero-order valence-electron chi connectivity index (χ0n) is 11.0. The number of halogens is 1. The van der Waals surface area contributed by atoms with Crippen LogP contribution < -0.4 is 16.4 Å².